The zero-order valence-corrected chi connectivity index (χ0v) is 20.0. The van der Waals surface area contributed by atoms with Crippen LogP contribution in [-0.2, 0) is 14.8 Å². The van der Waals surface area contributed by atoms with Gasteiger partial charge < -0.3 is 15.4 Å². The predicted octanol–water partition coefficient (Wildman–Crippen LogP) is 1.79. The van der Waals surface area contributed by atoms with Gasteiger partial charge in [0.15, 0.2) is 5.96 Å². The third-order valence-electron chi connectivity index (χ3n) is 6.37. The van der Waals surface area contributed by atoms with Gasteiger partial charge in [0.05, 0.1) is 11.4 Å². The minimum absolute atomic E-state index is 0. The molecule has 2 rings (SSSR count). The average Bonchev–Trinajstić information content (AvgIpc) is 2.60. The molecule has 0 aromatic carbocycles. The fourth-order valence-corrected chi connectivity index (χ4v) is 4.85. The lowest BCUT2D eigenvalue weighted by molar-refractivity contribution is -0.176. The molecule has 0 spiro atoms. The van der Waals surface area contributed by atoms with E-state index in [1.165, 1.54) is 0 Å². The van der Waals surface area contributed by atoms with Gasteiger partial charge in [0.1, 0.15) is 0 Å². The minimum atomic E-state index is -3.08. The highest BCUT2D eigenvalue weighted by molar-refractivity contribution is 14.0. The van der Waals surface area contributed by atoms with Crippen molar-refractivity contribution in [2.75, 3.05) is 33.0 Å². The molecule has 2 unspecified atom stereocenters. The number of ether oxygens (including phenoxy) is 1. The number of nitrogens with zero attached hydrogens (tertiary/aromatic N) is 2. The molecule has 1 saturated carbocycles. The molecular weight excluding hydrogens is 467 g/mol. The first-order valence-electron chi connectivity index (χ1n) is 9.12. The van der Waals surface area contributed by atoms with Crippen molar-refractivity contribution in [2.24, 2.45) is 10.4 Å². The number of nitrogens with one attached hydrogen (secondary N) is 2. The van der Waals surface area contributed by atoms with E-state index >= 15 is 0 Å². The molecule has 2 N–H and O–H groups in total. The molecule has 2 fully saturated rings. The molecule has 0 aromatic heterocycles. The van der Waals surface area contributed by atoms with E-state index in [0.29, 0.717) is 19.1 Å². The van der Waals surface area contributed by atoms with Gasteiger partial charge in [-0.15, -0.1) is 24.0 Å². The molecule has 1 aliphatic carbocycles. The number of hydrogen-bond acceptors (Lipinski definition) is 4. The van der Waals surface area contributed by atoms with Gasteiger partial charge in [0.25, 0.3) is 0 Å². The van der Waals surface area contributed by atoms with Crippen LogP contribution in [0.2, 0.25) is 0 Å². The summed E-state index contributed by atoms with van der Waals surface area (Å²) in [6.45, 7) is 9.39. The van der Waals surface area contributed by atoms with E-state index in [-0.39, 0.29) is 46.8 Å². The van der Waals surface area contributed by atoms with Crippen LogP contribution in [0.15, 0.2) is 4.99 Å². The zero-order chi connectivity index (χ0) is 18.9. The predicted molar refractivity (Wildman–Crippen MR) is 117 cm³/mol. The van der Waals surface area contributed by atoms with Crippen molar-refractivity contribution < 1.29 is 13.2 Å². The summed E-state index contributed by atoms with van der Waals surface area (Å²) in [6, 6.07) is 0.538. The summed E-state index contributed by atoms with van der Waals surface area (Å²) in [4.78, 5) is 4.35. The number of aliphatic imine (C=N–C) groups is 1. The maximum Gasteiger partial charge on any atom is 0.213 e. The fourth-order valence-electron chi connectivity index (χ4n) is 3.71. The Hall–Kier alpha value is -0.130. The summed E-state index contributed by atoms with van der Waals surface area (Å²) in [5.41, 5.74) is -0.110. The number of guanidine groups is 1. The lowest BCUT2D eigenvalue weighted by atomic mass is 9.56. The molecule has 1 aliphatic heterocycles. The molecule has 2 atom stereocenters. The summed E-state index contributed by atoms with van der Waals surface area (Å²) in [5, 5.41) is 6.96. The van der Waals surface area contributed by atoms with Crippen LogP contribution in [0.3, 0.4) is 0 Å². The van der Waals surface area contributed by atoms with Crippen LogP contribution in [0.4, 0.5) is 0 Å². The van der Waals surface area contributed by atoms with E-state index in [4.69, 9.17) is 4.74 Å². The Morgan fingerprint density at radius 1 is 1.23 bits per heavy atom. The topological polar surface area (TPSA) is 83.0 Å². The van der Waals surface area contributed by atoms with Gasteiger partial charge >= 0.3 is 0 Å². The maximum atomic E-state index is 11.9. The summed E-state index contributed by atoms with van der Waals surface area (Å²) >= 11 is 0. The molecule has 26 heavy (non-hydrogen) atoms. The number of methoxy groups -OCH3 is 1. The minimum Gasteiger partial charge on any atom is -0.378 e. The molecule has 7 nitrogen and oxygen atoms in total. The van der Waals surface area contributed by atoms with Crippen molar-refractivity contribution in [1.29, 1.82) is 0 Å². The molecule has 2 aliphatic rings. The van der Waals surface area contributed by atoms with Gasteiger partial charge in [-0.3, -0.25) is 4.99 Å². The highest BCUT2D eigenvalue weighted by Crippen LogP contribution is 2.51. The van der Waals surface area contributed by atoms with Gasteiger partial charge in [-0.25, -0.2) is 12.7 Å². The van der Waals surface area contributed by atoms with Gasteiger partial charge in [0.2, 0.25) is 10.0 Å². The first kappa shape index (κ1) is 23.9. The number of halogens is 1. The molecule has 9 heteroatoms. The molecule has 0 aromatic rings. The molecule has 0 amide bonds. The van der Waals surface area contributed by atoms with Gasteiger partial charge in [-0.1, -0.05) is 13.8 Å². The second kappa shape index (κ2) is 8.91. The average molecular weight is 502 g/mol. The highest BCUT2D eigenvalue weighted by Gasteiger charge is 2.58. The zero-order valence-electron chi connectivity index (χ0n) is 16.8. The molecule has 154 valence electrons. The van der Waals surface area contributed by atoms with Crippen LogP contribution >= 0.6 is 24.0 Å². The van der Waals surface area contributed by atoms with E-state index in [1.54, 1.807) is 25.4 Å². The second-order valence-corrected chi connectivity index (χ2v) is 10.1. The molecule has 1 saturated heterocycles. The molecular formula is C17H35IN4O3S. The number of piperidine rings is 1. The lowest BCUT2D eigenvalue weighted by Crippen LogP contribution is -2.69. The van der Waals surface area contributed by atoms with E-state index in [2.05, 4.69) is 36.4 Å². The standard InChI is InChI=1S/C17H34N4O3S.HI/c1-7-25(22,23)21-10-8-13(9-11-21)19-15(18-5)20-14-12-17(4,24-6)16(14,2)3;/h13-14H,7-12H2,1-6H3,(H2,18,19,20);1H. The molecule has 1 heterocycles. The van der Waals surface area contributed by atoms with Crippen molar-refractivity contribution in [1.82, 2.24) is 14.9 Å². The molecule has 0 bridgehead atoms. The Kier molecular flexibility index (Phi) is 8.20. The summed E-state index contributed by atoms with van der Waals surface area (Å²) < 4.78 is 31.2. The van der Waals surface area contributed by atoms with Crippen LogP contribution in [0.1, 0.15) is 47.0 Å². The van der Waals surface area contributed by atoms with Crippen molar-refractivity contribution in [3.63, 3.8) is 0 Å². The first-order chi connectivity index (χ1) is 11.6. The summed E-state index contributed by atoms with van der Waals surface area (Å²) in [6.07, 6.45) is 2.53. The second-order valence-electron chi connectivity index (χ2n) is 7.85. The quantitative estimate of drug-likeness (QED) is 0.340. The van der Waals surface area contributed by atoms with Gasteiger partial charge in [-0.2, -0.15) is 0 Å². The highest BCUT2D eigenvalue weighted by atomic mass is 127. The smallest absolute Gasteiger partial charge is 0.213 e. The van der Waals surface area contributed by atoms with E-state index in [1.807, 2.05) is 0 Å². The van der Waals surface area contributed by atoms with Crippen molar-refractivity contribution in [3.05, 3.63) is 0 Å². The Morgan fingerprint density at radius 3 is 2.23 bits per heavy atom. The van der Waals surface area contributed by atoms with E-state index in [0.717, 1.165) is 25.2 Å². The Labute approximate surface area is 175 Å². The van der Waals surface area contributed by atoms with Crippen molar-refractivity contribution in [3.8, 4) is 0 Å². The maximum absolute atomic E-state index is 11.9. The van der Waals surface area contributed by atoms with Gasteiger partial charge in [-0.05, 0) is 33.1 Å². The molecule has 0 radical (unpaired) electrons. The van der Waals surface area contributed by atoms with Crippen LogP contribution in [0.5, 0.6) is 0 Å². The SMILES string of the molecule is CCS(=O)(=O)N1CCC(NC(=NC)NC2CC(C)(OC)C2(C)C)CC1.I. The van der Waals surface area contributed by atoms with Crippen LogP contribution in [0, 0.1) is 5.41 Å². The lowest BCUT2D eigenvalue weighted by Gasteiger charge is -2.59. The third-order valence-corrected chi connectivity index (χ3v) is 8.25. The first-order valence-corrected chi connectivity index (χ1v) is 10.7. The fraction of sp³-hybridized carbons (Fsp3) is 0.941. The summed E-state index contributed by atoms with van der Waals surface area (Å²) in [7, 11) is 0.460. The largest absolute Gasteiger partial charge is 0.378 e. The van der Waals surface area contributed by atoms with E-state index in [9.17, 15) is 8.42 Å². The third kappa shape index (κ3) is 4.64. The Balaban J connectivity index is 0.00000338. The van der Waals surface area contributed by atoms with Crippen LogP contribution < -0.4 is 10.6 Å². The number of sulfonamides is 1. The Morgan fingerprint density at radius 2 is 1.81 bits per heavy atom. The van der Waals surface area contributed by atoms with Gasteiger partial charge in [0, 0.05) is 44.7 Å². The monoisotopic (exact) mass is 502 g/mol. The van der Waals surface area contributed by atoms with Crippen LogP contribution in [0.25, 0.3) is 0 Å². The normalized spacial score (nSPS) is 30.2. The number of hydrogen-bond donors (Lipinski definition) is 2. The van der Waals surface area contributed by atoms with Crippen LogP contribution in [-0.4, -0.2) is 69.4 Å². The van der Waals surface area contributed by atoms with E-state index < -0.39 is 10.0 Å². The number of rotatable bonds is 5. The summed E-state index contributed by atoms with van der Waals surface area (Å²) in [5.74, 6) is 0.955. The van der Waals surface area contributed by atoms with Crippen molar-refractivity contribution >= 4 is 40.0 Å². The Bertz CT molecular complexity index is 603. The van der Waals surface area contributed by atoms with Crippen molar-refractivity contribution in [2.45, 2.75) is 64.6 Å².